The normalized spacial score (nSPS) is 21.6. The topological polar surface area (TPSA) is 94.1 Å². The zero-order chi connectivity index (χ0) is 20.0. The van der Waals surface area contributed by atoms with Crippen LogP contribution in [0.1, 0.15) is 64.7 Å². The molecule has 1 N–H and O–H groups in total. The molecule has 0 aromatic heterocycles. The quantitative estimate of drug-likeness (QED) is 0.183. The number of amides is 1. The van der Waals surface area contributed by atoms with Crippen LogP contribution in [0.15, 0.2) is 17.6 Å². The lowest BCUT2D eigenvalue weighted by Crippen LogP contribution is -2.33. The first-order valence-electron chi connectivity index (χ1n) is 9.76. The van der Waals surface area contributed by atoms with Crippen molar-refractivity contribution in [2.24, 2.45) is 10.4 Å². The Hall–Kier alpha value is -2.14. The van der Waals surface area contributed by atoms with Gasteiger partial charge in [-0.15, -0.1) is 0 Å². The van der Waals surface area contributed by atoms with E-state index in [0.29, 0.717) is 19.8 Å². The molecule has 27 heavy (non-hydrogen) atoms. The van der Waals surface area contributed by atoms with Crippen molar-refractivity contribution in [1.82, 2.24) is 5.32 Å². The largest absolute Gasteiger partial charge is 0.463 e. The monoisotopic (exact) mass is 380 g/mol. The molecule has 152 valence electrons. The summed E-state index contributed by atoms with van der Waals surface area (Å²) in [5.41, 5.74) is 0.0889. The molecule has 0 aromatic rings. The second-order valence-electron chi connectivity index (χ2n) is 7.38. The first-order valence-corrected chi connectivity index (χ1v) is 9.76. The highest BCUT2D eigenvalue weighted by Gasteiger charge is 2.31. The van der Waals surface area contributed by atoms with Gasteiger partial charge in [0.25, 0.3) is 0 Å². The molecule has 2 atom stereocenters. The van der Waals surface area contributed by atoms with Crippen LogP contribution in [-0.2, 0) is 19.1 Å². The summed E-state index contributed by atoms with van der Waals surface area (Å²) in [6.07, 6.45) is 10.6. The molecule has 0 bridgehead atoms. The Balaban J connectivity index is 2.03. The van der Waals surface area contributed by atoms with Gasteiger partial charge in [-0.2, -0.15) is 0 Å². The highest BCUT2D eigenvalue weighted by Crippen LogP contribution is 2.39. The van der Waals surface area contributed by atoms with Crippen LogP contribution in [0.25, 0.3) is 0 Å². The molecule has 0 radical (unpaired) electrons. The highest BCUT2D eigenvalue weighted by atomic mass is 16.5. The number of carbonyl (C=O) groups excluding carboxylic acids is 3. The van der Waals surface area contributed by atoms with E-state index in [-0.39, 0.29) is 11.5 Å². The first-order chi connectivity index (χ1) is 13.0. The molecule has 7 nitrogen and oxygen atoms in total. The molecule has 0 saturated heterocycles. The van der Waals surface area contributed by atoms with Gasteiger partial charge in [0, 0.05) is 12.6 Å². The van der Waals surface area contributed by atoms with E-state index in [2.05, 4.69) is 23.8 Å². The van der Waals surface area contributed by atoms with E-state index < -0.39 is 12.1 Å². The second-order valence-corrected chi connectivity index (χ2v) is 7.38. The molecule has 1 amide bonds. The summed E-state index contributed by atoms with van der Waals surface area (Å²) in [7, 11) is 0. The average Bonchev–Trinajstić information content (AvgIpc) is 2.63. The van der Waals surface area contributed by atoms with Crippen molar-refractivity contribution in [2.75, 3.05) is 19.8 Å². The van der Waals surface area contributed by atoms with Gasteiger partial charge in [-0.1, -0.05) is 19.9 Å². The number of alkyl carbamates (subject to hydrolysis) is 1. The van der Waals surface area contributed by atoms with Gasteiger partial charge in [-0.25, -0.2) is 19.4 Å². The number of hydrogen-bond acceptors (Lipinski definition) is 6. The smallest absolute Gasteiger partial charge is 0.407 e. The number of aliphatic imine (C=N–C) groups is 1. The fourth-order valence-electron chi connectivity index (χ4n) is 3.42. The molecule has 0 aromatic carbocycles. The van der Waals surface area contributed by atoms with Crippen molar-refractivity contribution in [3.8, 4) is 0 Å². The predicted molar refractivity (Wildman–Crippen MR) is 102 cm³/mol. The van der Waals surface area contributed by atoms with E-state index in [0.717, 1.165) is 63.9 Å². The number of isocyanates is 1. The Morgan fingerprint density at radius 3 is 2.63 bits per heavy atom. The molecule has 0 heterocycles. The first kappa shape index (κ1) is 22.9. The van der Waals surface area contributed by atoms with E-state index in [1.807, 2.05) is 0 Å². The maximum atomic E-state index is 11.7. The van der Waals surface area contributed by atoms with Crippen LogP contribution < -0.4 is 5.32 Å². The molecule has 1 rings (SSSR count). The van der Waals surface area contributed by atoms with Gasteiger partial charge in [-0.3, -0.25) is 0 Å². The van der Waals surface area contributed by atoms with Gasteiger partial charge in [0.2, 0.25) is 6.08 Å². The summed E-state index contributed by atoms with van der Waals surface area (Å²) >= 11 is 0. The number of rotatable bonds is 12. The average molecular weight is 380 g/mol. The highest BCUT2D eigenvalue weighted by molar-refractivity contribution is 5.81. The number of unbranched alkanes of at least 4 members (excludes halogenated alkanes) is 3. The number of carbonyl (C=O) groups is 2. The van der Waals surface area contributed by atoms with Gasteiger partial charge in [0.1, 0.15) is 0 Å². The molecule has 0 spiro atoms. The van der Waals surface area contributed by atoms with Gasteiger partial charge in [-0.05, 0) is 56.8 Å². The Labute approximate surface area is 161 Å². The van der Waals surface area contributed by atoms with E-state index in [4.69, 9.17) is 9.47 Å². The number of nitrogens with zero attached hydrogens (tertiary/aromatic N) is 1. The van der Waals surface area contributed by atoms with Crippen LogP contribution in [0.3, 0.4) is 0 Å². The van der Waals surface area contributed by atoms with Gasteiger partial charge < -0.3 is 14.8 Å². The number of ether oxygens (including phenoxy) is 2. The van der Waals surface area contributed by atoms with Crippen LogP contribution in [0.5, 0.6) is 0 Å². The number of esters is 1. The minimum atomic E-state index is -0.399. The number of nitrogens with one attached hydrogen (secondary N) is 1. The molecule has 1 aliphatic rings. The van der Waals surface area contributed by atoms with E-state index in [1.54, 1.807) is 6.08 Å². The summed E-state index contributed by atoms with van der Waals surface area (Å²) in [4.78, 5) is 36.9. The third kappa shape index (κ3) is 10.6. The van der Waals surface area contributed by atoms with Crippen molar-refractivity contribution < 1.29 is 23.9 Å². The van der Waals surface area contributed by atoms with Crippen LogP contribution in [-0.4, -0.2) is 43.9 Å². The fourth-order valence-corrected chi connectivity index (χ4v) is 3.42. The van der Waals surface area contributed by atoms with Crippen molar-refractivity contribution in [2.45, 2.75) is 70.8 Å². The Morgan fingerprint density at radius 1 is 1.26 bits per heavy atom. The van der Waals surface area contributed by atoms with Crippen LogP contribution in [0.4, 0.5) is 4.79 Å². The molecular weight excluding hydrogens is 348 g/mol. The predicted octanol–water partition coefficient (Wildman–Crippen LogP) is 3.68. The summed E-state index contributed by atoms with van der Waals surface area (Å²) in [5, 5.41) is 2.80. The minimum Gasteiger partial charge on any atom is -0.463 e. The zero-order valence-corrected chi connectivity index (χ0v) is 16.3. The summed E-state index contributed by atoms with van der Waals surface area (Å²) in [6.45, 7) is 6.84. The lowest BCUT2D eigenvalue weighted by atomic mass is 9.71. The Kier molecular flexibility index (Phi) is 11.1. The Bertz CT molecular complexity index is 530. The zero-order valence-electron chi connectivity index (χ0n) is 16.3. The van der Waals surface area contributed by atoms with Crippen molar-refractivity contribution >= 4 is 18.1 Å². The van der Waals surface area contributed by atoms with Gasteiger partial charge >= 0.3 is 12.1 Å². The molecule has 1 saturated carbocycles. The third-order valence-electron chi connectivity index (χ3n) is 4.96. The molecule has 7 heteroatoms. The maximum Gasteiger partial charge on any atom is 0.407 e. The summed E-state index contributed by atoms with van der Waals surface area (Å²) in [5.74, 6) is -0.399. The fraction of sp³-hybridized carbons (Fsp3) is 0.750. The van der Waals surface area contributed by atoms with E-state index in [9.17, 15) is 14.4 Å². The van der Waals surface area contributed by atoms with Crippen molar-refractivity contribution in [3.63, 3.8) is 0 Å². The van der Waals surface area contributed by atoms with Gasteiger partial charge in [0.15, 0.2) is 0 Å². The van der Waals surface area contributed by atoms with Crippen LogP contribution in [0, 0.1) is 5.41 Å². The van der Waals surface area contributed by atoms with E-state index in [1.165, 1.54) is 0 Å². The lowest BCUT2D eigenvalue weighted by molar-refractivity contribution is -0.137. The number of hydrogen-bond donors (Lipinski definition) is 1. The Morgan fingerprint density at radius 2 is 1.96 bits per heavy atom. The minimum absolute atomic E-state index is 0.0634. The summed E-state index contributed by atoms with van der Waals surface area (Å²) < 4.78 is 10.0. The van der Waals surface area contributed by atoms with Crippen LogP contribution >= 0.6 is 0 Å². The van der Waals surface area contributed by atoms with Crippen LogP contribution in [0.2, 0.25) is 0 Å². The second kappa shape index (κ2) is 13.1. The molecule has 2 unspecified atom stereocenters. The standard InChI is InChI=1S/C20H32N2O5/c1-3-18(24)26-13-6-4-5-7-14-27-19(25)21-12-11-20(2)10-8-9-17(15-20)22-16-23/h3,17H,1,4-15H2,2H3,(H,21,25). The lowest BCUT2D eigenvalue weighted by Gasteiger charge is -2.36. The molecule has 0 aliphatic heterocycles. The van der Waals surface area contributed by atoms with Crippen molar-refractivity contribution in [1.29, 1.82) is 0 Å². The molecular formula is C20H32N2O5. The molecule has 1 aliphatic carbocycles. The summed E-state index contributed by atoms with van der Waals surface area (Å²) in [6, 6.07) is 0.0634. The third-order valence-corrected chi connectivity index (χ3v) is 4.96. The van der Waals surface area contributed by atoms with Gasteiger partial charge in [0.05, 0.1) is 19.3 Å². The molecule has 1 fully saturated rings. The SMILES string of the molecule is C=CC(=O)OCCCCCCOC(=O)NCCC1(C)CCCC(N=C=O)C1. The van der Waals surface area contributed by atoms with Crippen molar-refractivity contribution in [3.05, 3.63) is 12.7 Å². The van der Waals surface area contributed by atoms with E-state index >= 15 is 0 Å². The maximum absolute atomic E-state index is 11.7.